The molecule has 1 aliphatic rings. The SMILES string of the molecule is Cc1ccc(S(=O)(=O)OCCO[C@@H]2CN(C(=O)c3ccccc3)C[C@H]2Br)cc1. The first kappa shape index (κ1) is 21.0. The first-order valence-electron chi connectivity index (χ1n) is 8.93. The molecule has 8 heteroatoms. The van der Waals surface area contributed by atoms with Crippen LogP contribution in [0.25, 0.3) is 0 Å². The first-order chi connectivity index (χ1) is 13.4. The molecule has 1 aliphatic heterocycles. The van der Waals surface area contributed by atoms with Gasteiger partial charge in [-0.1, -0.05) is 51.8 Å². The highest BCUT2D eigenvalue weighted by Gasteiger charge is 2.34. The second-order valence-corrected chi connectivity index (χ2v) is 9.38. The Balaban J connectivity index is 1.47. The van der Waals surface area contributed by atoms with E-state index in [1.807, 2.05) is 25.1 Å². The quantitative estimate of drug-likeness (QED) is 0.355. The average molecular weight is 468 g/mol. The summed E-state index contributed by atoms with van der Waals surface area (Å²) in [5, 5.41) is 0. The lowest BCUT2D eigenvalue weighted by Crippen LogP contribution is -2.30. The van der Waals surface area contributed by atoms with Gasteiger partial charge in [0.05, 0.1) is 29.0 Å². The Hall–Kier alpha value is -1.74. The van der Waals surface area contributed by atoms with Gasteiger partial charge < -0.3 is 9.64 Å². The highest BCUT2D eigenvalue weighted by molar-refractivity contribution is 9.09. The zero-order chi connectivity index (χ0) is 20.1. The highest BCUT2D eigenvalue weighted by Crippen LogP contribution is 2.22. The number of amides is 1. The van der Waals surface area contributed by atoms with Crippen molar-refractivity contribution >= 4 is 32.0 Å². The zero-order valence-electron chi connectivity index (χ0n) is 15.5. The molecule has 2 atom stereocenters. The van der Waals surface area contributed by atoms with Crippen molar-refractivity contribution in [1.82, 2.24) is 4.90 Å². The Bertz CT molecular complexity index is 902. The standard InChI is InChI=1S/C20H22BrNO5S/c1-15-7-9-17(10-8-15)28(24,25)27-12-11-26-19-14-22(13-18(19)21)20(23)16-5-3-2-4-6-16/h2-10,18-19H,11-14H2,1H3/t18-,19-/m1/s1. The molecule has 3 rings (SSSR count). The van der Waals surface area contributed by atoms with E-state index in [0.717, 1.165) is 5.56 Å². The number of hydrogen-bond acceptors (Lipinski definition) is 5. The summed E-state index contributed by atoms with van der Waals surface area (Å²) in [5.74, 6) is -0.0469. The molecule has 2 aromatic carbocycles. The molecule has 0 aromatic heterocycles. The third kappa shape index (κ3) is 5.20. The minimum atomic E-state index is -3.80. The molecule has 0 bridgehead atoms. The van der Waals surface area contributed by atoms with Gasteiger partial charge in [0.25, 0.3) is 16.0 Å². The van der Waals surface area contributed by atoms with Gasteiger partial charge in [-0.3, -0.25) is 8.98 Å². The number of carbonyl (C=O) groups excluding carboxylic acids is 1. The van der Waals surface area contributed by atoms with E-state index in [0.29, 0.717) is 18.7 Å². The fourth-order valence-corrected chi connectivity index (χ4v) is 4.50. The molecule has 28 heavy (non-hydrogen) atoms. The second-order valence-electron chi connectivity index (χ2n) is 6.59. The van der Waals surface area contributed by atoms with Crippen molar-refractivity contribution in [2.45, 2.75) is 22.8 Å². The van der Waals surface area contributed by atoms with E-state index in [1.54, 1.807) is 29.2 Å². The lowest BCUT2D eigenvalue weighted by atomic mass is 10.2. The van der Waals surface area contributed by atoms with Gasteiger partial charge in [0.2, 0.25) is 0 Å². The van der Waals surface area contributed by atoms with Crippen molar-refractivity contribution in [1.29, 1.82) is 0 Å². The van der Waals surface area contributed by atoms with Crippen LogP contribution in [0.5, 0.6) is 0 Å². The van der Waals surface area contributed by atoms with Crippen LogP contribution in [0.2, 0.25) is 0 Å². The Morgan fingerprint density at radius 1 is 1.07 bits per heavy atom. The third-order valence-electron chi connectivity index (χ3n) is 4.47. The van der Waals surface area contributed by atoms with Crippen LogP contribution < -0.4 is 0 Å². The molecule has 1 fully saturated rings. The van der Waals surface area contributed by atoms with Crippen molar-refractivity contribution < 1.29 is 22.1 Å². The summed E-state index contributed by atoms with van der Waals surface area (Å²) >= 11 is 3.54. The maximum Gasteiger partial charge on any atom is 0.297 e. The summed E-state index contributed by atoms with van der Waals surface area (Å²) in [5.41, 5.74) is 1.61. The number of hydrogen-bond donors (Lipinski definition) is 0. The fourth-order valence-electron chi connectivity index (χ4n) is 2.94. The molecular weight excluding hydrogens is 446 g/mol. The zero-order valence-corrected chi connectivity index (χ0v) is 17.9. The van der Waals surface area contributed by atoms with E-state index in [4.69, 9.17) is 8.92 Å². The minimum Gasteiger partial charge on any atom is -0.373 e. The van der Waals surface area contributed by atoms with Crippen LogP contribution in [0.3, 0.4) is 0 Å². The molecule has 1 saturated heterocycles. The number of halogens is 1. The molecule has 6 nitrogen and oxygen atoms in total. The van der Waals surface area contributed by atoms with Crippen molar-refractivity contribution in [3.05, 3.63) is 65.7 Å². The summed E-state index contributed by atoms with van der Waals surface area (Å²) in [6.45, 7) is 2.88. The van der Waals surface area contributed by atoms with Crippen molar-refractivity contribution in [2.24, 2.45) is 0 Å². The van der Waals surface area contributed by atoms with Gasteiger partial charge in [-0.25, -0.2) is 0 Å². The molecular formula is C20H22BrNO5S. The number of aryl methyl sites for hydroxylation is 1. The molecule has 0 spiro atoms. The molecule has 150 valence electrons. The number of nitrogens with zero attached hydrogens (tertiary/aromatic N) is 1. The van der Waals surface area contributed by atoms with Crippen LogP contribution in [-0.2, 0) is 19.0 Å². The van der Waals surface area contributed by atoms with E-state index >= 15 is 0 Å². The molecule has 1 amide bonds. The number of rotatable bonds is 7. The van der Waals surface area contributed by atoms with Gasteiger partial charge in [0, 0.05) is 18.7 Å². The lowest BCUT2D eigenvalue weighted by molar-refractivity contribution is 0.0411. The van der Waals surface area contributed by atoms with Gasteiger partial charge in [0.15, 0.2) is 0 Å². The molecule has 0 unspecified atom stereocenters. The average Bonchev–Trinajstić information content (AvgIpc) is 3.06. The Labute approximate surface area is 173 Å². The summed E-state index contributed by atoms with van der Waals surface area (Å²) < 4.78 is 35.1. The lowest BCUT2D eigenvalue weighted by Gasteiger charge is -2.16. The number of likely N-dealkylation sites (tertiary alicyclic amines) is 1. The summed E-state index contributed by atoms with van der Waals surface area (Å²) in [6.07, 6.45) is -0.224. The van der Waals surface area contributed by atoms with Crippen molar-refractivity contribution in [3.8, 4) is 0 Å². The van der Waals surface area contributed by atoms with Gasteiger partial charge in [-0.2, -0.15) is 8.42 Å². The maximum absolute atomic E-state index is 12.5. The van der Waals surface area contributed by atoms with Crippen LogP contribution in [0.1, 0.15) is 15.9 Å². The van der Waals surface area contributed by atoms with Gasteiger partial charge in [-0.05, 0) is 31.2 Å². The Kier molecular flexibility index (Phi) is 6.87. The van der Waals surface area contributed by atoms with Crippen LogP contribution in [0.4, 0.5) is 0 Å². The third-order valence-corrected chi connectivity index (χ3v) is 6.68. The number of ether oxygens (including phenoxy) is 1. The Morgan fingerprint density at radius 3 is 2.43 bits per heavy atom. The summed E-state index contributed by atoms with van der Waals surface area (Å²) in [6, 6.07) is 15.6. The number of alkyl halides is 1. The maximum atomic E-state index is 12.5. The highest BCUT2D eigenvalue weighted by atomic mass is 79.9. The van der Waals surface area contributed by atoms with Gasteiger partial charge in [0.1, 0.15) is 0 Å². The summed E-state index contributed by atoms with van der Waals surface area (Å²) in [4.78, 5) is 14.4. The number of carbonyl (C=O) groups is 1. The van der Waals surface area contributed by atoms with E-state index in [1.165, 1.54) is 12.1 Å². The van der Waals surface area contributed by atoms with Gasteiger partial charge >= 0.3 is 0 Å². The molecule has 0 aliphatic carbocycles. The molecule has 2 aromatic rings. The largest absolute Gasteiger partial charge is 0.373 e. The van der Waals surface area contributed by atoms with Crippen LogP contribution in [0, 0.1) is 6.92 Å². The van der Waals surface area contributed by atoms with Gasteiger partial charge in [-0.15, -0.1) is 0 Å². The van der Waals surface area contributed by atoms with E-state index in [2.05, 4.69) is 15.9 Å². The van der Waals surface area contributed by atoms with Crippen molar-refractivity contribution in [3.63, 3.8) is 0 Å². The van der Waals surface area contributed by atoms with Crippen LogP contribution >= 0.6 is 15.9 Å². The van der Waals surface area contributed by atoms with Crippen LogP contribution in [0.15, 0.2) is 59.5 Å². The van der Waals surface area contributed by atoms with E-state index in [-0.39, 0.29) is 34.9 Å². The molecule has 0 saturated carbocycles. The smallest absolute Gasteiger partial charge is 0.297 e. The molecule has 1 heterocycles. The second kappa shape index (κ2) is 9.17. The topological polar surface area (TPSA) is 72.9 Å². The monoisotopic (exact) mass is 467 g/mol. The summed E-state index contributed by atoms with van der Waals surface area (Å²) in [7, 11) is -3.80. The van der Waals surface area contributed by atoms with Crippen molar-refractivity contribution in [2.75, 3.05) is 26.3 Å². The van der Waals surface area contributed by atoms with E-state index < -0.39 is 10.1 Å². The van der Waals surface area contributed by atoms with E-state index in [9.17, 15) is 13.2 Å². The molecule has 0 N–H and O–H groups in total. The molecule has 0 radical (unpaired) electrons. The Morgan fingerprint density at radius 2 is 1.75 bits per heavy atom. The van der Waals surface area contributed by atoms with Crippen LogP contribution in [-0.4, -0.2) is 56.5 Å². The fraction of sp³-hybridized carbons (Fsp3) is 0.350. The number of benzene rings is 2. The normalized spacial score (nSPS) is 19.7. The predicted octanol–water partition coefficient (Wildman–Crippen LogP) is 3.01. The predicted molar refractivity (Wildman–Crippen MR) is 109 cm³/mol. The minimum absolute atomic E-state index is 0.0196. The first-order valence-corrected chi connectivity index (χ1v) is 11.3.